The molecule has 0 saturated carbocycles. The average Bonchev–Trinajstić information content (AvgIpc) is 3.02. The van der Waals surface area contributed by atoms with Crippen LogP contribution in [0.5, 0.6) is 0 Å². The number of hydrogen-bond donors (Lipinski definition) is 1. The first kappa shape index (κ1) is 19.9. The fourth-order valence-corrected chi connectivity index (χ4v) is 5.22. The molecular formula is C18H24N4O3S2. The fraction of sp³-hybridized carbons (Fsp3) is 0.444. The number of aromatic nitrogens is 1. The van der Waals surface area contributed by atoms with Gasteiger partial charge in [0.1, 0.15) is 0 Å². The number of nitrogens with one attached hydrogen (secondary N) is 1. The van der Waals surface area contributed by atoms with Crippen LogP contribution in [0.3, 0.4) is 0 Å². The highest BCUT2D eigenvalue weighted by atomic mass is 32.2. The van der Waals surface area contributed by atoms with Crippen molar-refractivity contribution in [1.29, 1.82) is 0 Å². The molecule has 0 aliphatic carbocycles. The molecule has 0 saturated heterocycles. The Morgan fingerprint density at radius 2 is 1.96 bits per heavy atom. The normalized spacial score (nSPS) is 15.2. The van der Waals surface area contributed by atoms with Gasteiger partial charge in [-0.05, 0) is 45.2 Å². The number of benzene rings is 1. The molecule has 146 valence electrons. The fourth-order valence-electron chi connectivity index (χ4n) is 2.77. The lowest BCUT2D eigenvalue weighted by atomic mass is 10.2. The molecule has 0 spiro atoms. The van der Waals surface area contributed by atoms with Crippen LogP contribution in [-0.2, 0) is 23.0 Å². The standard InChI is InChI=1S/C18H24N4O3S2/c1-12(2)22(4)27(24,25)14-7-5-13(6-8-14)17(23)20-18-19-15-9-10-21(3)11-16(15)26-18/h5-8,12H,9-11H2,1-4H3,(H,19,20,23). The Morgan fingerprint density at radius 1 is 1.30 bits per heavy atom. The van der Waals surface area contributed by atoms with Gasteiger partial charge >= 0.3 is 0 Å². The number of anilines is 1. The molecule has 0 unspecified atom stereocenters. The Morgan fingerprint density at radius 3 is 2.59 bits per heavy atom. The number of carbonyl (C=O) groups is 1. The predicted molar refractivity (Wildman–Crippen MR) is 107 cm³/mol. The highest BCUT2D eigenvalue weighted by Gasteiger charge is 2.23. The number of amides is 1. The zero-order valence-corrected chi connectivity index (χ0v) is 17.5. The van der Waals surface area contributed by atoms with Crippen LogP contribution in [-0.4, -0.2) is 55.2 Å². The van der Waals surface area contributed by atoms with Gasteiger partial charge in [-0.15, -0.1) is 11.3 Å². The summed E-state index contributed by atoms with van der Waals surface area (Å²) < 4.78 is 26.3. The molecule has 27 heavy (non-hydrogen) atoms. The molecule has 2 heterocycles. The zero-order chi connectivity index (χ0) is 19.8. The molecule has 0 radical (unpaired) electrons. The van der Waals surface area contributed by atoms with E-state index in [2.05, 4.69) is 22.2 Å². The van der Waals surface area contributed by atoms with Gasteiger partial charge in [-0.25, -0.2) is 13.4 Å². The number of carbonyl (C=O) groups excluding carboxylic acids is 1. The first-order valence-corrected chi connectivity index (χ1v) is 11.0. The maximum Gasteiger partial charge on any atom is 0.257 e. The van der Waals surface area contributed by atoms with Gasteiger partial charge in [-0.2, -0.15) is 4.31 Å². The Kier molecular flexibility index (Phi) is 5.66. The van der Waals surface area contributed by atoms with Gasteiger partial charge in [0.05, 0.1) is 10.6 Å². The second-order valence-corrected chi connectivity index (χ2v) is 10.1. The van der Waals surface area contributed by atoms with Crippen molar-refractivity contribution in [3.05, 3.63) is 40.4 Å². The predicted octanol–water partition coefficient (Wildman–Crippen LogP) is 2.41. The van der Waals surface area contributed by atoms with Crippen molar-refractivity contribution in [2.24, 2.45) is 0 Å². The summed E-state index contributed by atoms with van der Waals surface area (Å²) in [6, 6.07) is 5.83. The molecule has 0 fully saturated rings. The summed E-state index contributed by atoms with van der Waals surface area (Å²) >= 11 is 1.49. The van der Waals surface area contributed by atoms with Crippen LogP contribution in [0, 0.1) is 0 Å². The Bertz CT molecular complexity index is 936. The lowest BCUT2D eigenvalue weighted by Gasteiger charge is -2.20. The minimum absolute atomic E-state index is 0.145. The van der Waals surface area contributed by atoms with Crippen LogP contribution in [0.2, 0.25) is 0 Å². The summed E-state index contributed by atoms with van der Waals surface area (Å²) in [5.74, 6) is -0.296. The summed E-state index contributed by atoms with van der Waals surface area (Å²) in [5.41, 5.74) is 1.44. The summed E-state index contributed by atoms with van der Waals surface area (Å²) in [6.07, 6.45) is 0.883. The molecule has 1 aromatic heterocycles. The lowest BCUT2D eigenvalue weighted by molar-refractivity contribution is 0.102. The Hall–Kier alpha value is -1.81. The highest BCUT2D eigenvalue weighted by Crippen LogP contribution is 2.28. The molecule has 2 aromatic rings. The third-order valence-corrected chi connectivity index (χ3v) is 7.71. The van der Waals surface area contributed by atoms with Crippen LogP contribution >= 0.6 is 11.3 Å². The number of thiazole rings is 1. The van der Waals surface area contributed by atoms with Gasteiger partial charge in [0.2, 0.25) is 10.0 Å². The van der Waals surface area contributed by atoms with Crippen molar-refractivity contribution >= 4 is 32.4 Å². The second kappa shape index (κ2) is 7.67. The average molecular weight is 409 g/mol. The topological polar surface area (TPSA) is 82.6 Å². The van der Waals surface area contributed by atoms with Gasteiger partial charge in [-0.3, -0.25) is 10.1 Å². The van der Waals surface area contributed by atoms with Crippen LogP contribution in [0.15, 0.2) is 29.2 Å². The number of rotatable bonds is 5. The Balaban J connectivity index is 1.73. The summed E-state index contributed by atoms with van der Waals surface area (Å²) in [4.78, 5) is 20.6. The van der Waals surface area contributed by atoms with Crippen molar-refractivity contribution in [1.82, 2.24) is 14.2 Å². The lowest BCUT2D eigenvalue weighted by Crippen LogP contribution is -2.33. The van der Waals surface area contributed by atoms with Crippen LogP contribution in [0.25, 0.3) is 0 Å². The van der Waals surface area contributed by atoms with Crippen LogP contribution in [0.1, 0.15) is 34.8 Å². The number of sulfonamides is 1. The molecule has 1 aromatic carbocycles. The van der Waals surface area contributed by atoms with E-state index in [1.165, 1.54) is 44.8 Å². The molecule has 0 bridgehead atoms. The molecule has 1 amide bonds. The molecule has 0 atom stereocenters. The SMILES string of the molecule is CC(C)N(C)S(=O)(=O)c1ccc(C(=O)Nc2nc3c(s2)CN(C)CC3)cc1. The second-order valence-electron chi connectivity index (χ2n) is 6.97. The van der Waals surface area contributed by atoms with Crippen molar-refractivity contribution in [2.75, 3.05) is 26.0 Å². The third kappa shape index (κ3) is 4.21. The maximum atomic E-state index is 12.5. The number of nitrogens with zero attached hydrogens (tertiary/aromatic N) is 3. The smallest absolute Gasteiger partial charge is 0.257 e. The van der Waals surface area contributed by atoms with Crippen molar-refractivity contribution in [3.8, 4) is 0 Å². The molecule has 1 N–H and O–H groups in total. The van der Waals surface area contributed by atoms with Gasteiger partial charge in [-0.1, -0.05) is 0 Å². The number of likely N-dealkylation sites (N-methyl/N-ethyl adjacent to an activating group) is 1. The maximum absolute atomic E-state index is 12.5. The monoisotopic (exact) mass is 408 g/mol. The van der Waals surface area contributed by atoms with E-state index in [1.807, 2.05) is 13.8 Å². The van der Waals surface area contributed by atoms with E-state index in [9.17, 15) is 13.2 Å². The summed E-state index contributed by atoms with van der Waals surface area (Å²) in [7, 11) is 0.0464. The molecule has 1 aliphatic rings. The van der Waals surface area contributed by atoms with Crippen LogP contribution < -0.4 is 5.32 Å². The quantitative estimate of drug-likeness (QED) is 0.822. The number of hydrogen-bond acceptors (Lipinski definition) is 6. The zero-order valence-electron chi connectivity index (χ0n) is 15.9. The third-order valence-electron chi connectivity index (χ3n) is 4.66. The van der Waals surface area contributed by atoms with Crippen molar-refractivity contribution in [2.45, 2.75) is 37.8 Å². The molecule has 9 heteroatoms. The molecular weight excluding hydrogens is 384 g/mol. The van der Waals surface area contributed by atoms with Crippen molar-refractivity contribution < 1.29 is 13.2 Å². The van der Waals surface area contributed by atoms with Gasteiger partial charge in [0.25, 0.3) is 5.91 Å². The highest BCUT2D eigenvalue weighted by molar-refractivity contribution is 7.89. The minimum atomic E-state index is -3.56. The van der Waals surface area contributed by atoms with Gasteiger partial charge < -0.3 is 4.90 Å². The number of fused-ring (bicyclic) bond motifs is 1. The largest absolute Gasteiger partial charge is 0.301 e. The van der Waals surface area contributed by atoms with E-state index < -0.39 is 10.0 Å². The summed E-state index contributed by atoms with van der Waals surface area (Å²) in [5, 5.41) is 3.40. The van der Waals surface area contributed by atoms with Crippen LogP contribution in [0.4, 0.5) is 5.13 Å². The molecule has 1 aliphatic heterocycles. The summed E-state index contributed by atoms with van der Waals surface area (Å²) in [6.45, 7) is 5.43. The van der Waals surface area contributed by atoms with Gasteiger partial charge in [0.15, 0.2) is 5.13 Å². The first-order chi connectivity index (χ1) is 12.7. The molecule has 7 nitrogen and oxygen atoms in total. The van der Waals surface area contributed by atoms with E-state index in [0.717, 1.165) is 25.2 Å². The van der Waals surface area contributed by atoms with Crippen molar-refractivity contribution in [3.63, 3.8) is 0 Å². The molecule has 3 rings (SSSR count). The van der Waals surface area contributed by atoms with Gasteiger partial charge in [0, 0.05) is 43.0 Å². The van der Waals surface area contributed by atoms with E-state index >= 15 is 0 Å². The van der Waals surface area contributed by atoms with E-state index in [-0.39, 0.29) is 16.8 Å². The van der Waals surface area contributed by atoms with E-state index in [0.29, 0.717) is 10.7 Å². The Labute approximate surface area is 164 Å². The van der Waals surface area contributed by atoms with E-state index in [4.69, 9.17) is 0 Å². The minimum Gasteiger partial charge on any atom is -0.301 e. The first-order valence-electron chi connectivity index (χ1n) is 8.75. The van der Waals surface area contributed by atoms with E-state index in [1.54, 1.807) is 7.05 Å².